The maximum atomic E-state index is 12.1. The molecular formula is C17H18Cl2N4O. The lowest BCUT2D eigenvalue weighted by molar-refractivity contribution is 0.0903. The molecule has 24 heavy (non-hydrogen) atoms. The number of piperidine rings is 1. The quantitative estimate of drug-likeness (QED) is 0.904. The molecule has 2 aromatic rings. The van der Waals surface area contributed by atoms with Crippen molar-refractivity contribution in [1.82, 2.24) is 20.2 Å². The summed E-state index contributed by atoms with van der Waals surface area (Å²) in [4.78, 5) is 22.4. The van der Waals surface area contributed by atoms with E-state index in [1.54, 1.807) is 6.20 Å². The summed E-state index contributed by atoms with van der Waals surface area (Å²) in [5.41, 5.74) is 1.50. The molecule has 1 N–H and O–H groups in total. The molecule has 1 amide bonds. The SMILES string of the molecule is O=C(NC1CCN(Cc2ccc(Cl)c(Cl)c2)CC1)c1cnccn1. The molecule has 0 atom stereocenters. The normalized spacial score (nSPS) is 16.1. The lowest BCUT2D eigenvalue weighted by atomic mass is 10.0. The Bertz CT molecular complexity index is 703. The van der Waals surface area contributed by atoms with Crippen molar-refractivity contribution < 1.29 is 4.79 Å². The van der Waals surface area contributed by atoms with Crippen LogP contribution < -0.4 is 5.32 Å². The van der Waals surface area contributed by atoms with Gasteiger partial charge in [0.05, 0.1) is 16.2 Å². The average Bonchev–Trinajstić information content (AvgIpc) is 2.61. The molecule has 2 heterocycles. The maximum Gasteiger partial charge on any atom is 0.271 e. The van der Waals surface area contributed by atoms with Crippen molar-refractivity contribution in [2.24, 2.45) is 0 Å². The molecule has 0 saturated carbocycles. The minimum atomic E-state index is -0.161. The number of carbonyl (C=O) groups excluding carboxylic acids is 1. The van der Waals surface area contributed by atoms with Gasteiger partial charge < -0.3 is 5.32 Å². The van der Waals surface area contributed by atoms with Crippen molar-refractivity contribution in [1.29, 1.82) is 0 Å². The number of nitrogens with one attached hydrogen (secondary N) is 1. The van der Waals surface area contributed by atoms with Crippen LogP contribution in [0.5, 0.6) is 0 Å². The second-order valence-electron chi connectivity index (χ2n) is 5.86. The Labute approximate surface area is 151 Å². The first-order valence-corrected chi connectivity index (χ1v) is 8.60. The molecule has 0 unspecified atom stereocenters. The monoisotopic (exact) mass is 364 g/mol. The summed E-state index contributed by atoms with van der Waals surface area (Å²) in [6.07, 6.45) is 6.38. The Balaban J connectivity index is 1.49. The van der Waals surface area contributed by atoms with Crippen LogP contribution in [0.25, 0.3) is 0 Å². The number of hydrogen-bond donors (Lipinski definition) is 1. The van der Waals surface area contributed by atoms with Gasteiger partial charge >= 0.3 is 0 Å². The molecule has 1 saturated heterocycles. The van der Waals surface area contributed by atoms with Gasteiger partial charge in [-0.15, -0.1) is 0 Å². The molecule has 0 radical (unpaired) electrons. The Morgan fingerprint density at radius 1 is 1.21 bits per heavy atom. The zero-order chi connectivity index (χ0) is 16.9. The third-order valence-electron chi connectivity index (χ3n) is 4.11. The highest BCUT2D eigenvalue weighted by Crippen LogP contribution is 2.24. The van der Waals surface area contributed by atoms with Gasteiger partial charge in [0.1, 0.15) is 5.69 Å². The Hall–Kier alpha value is -1.69. The standard InChI is InChI=1S/C17H18Cl2N4O/c18-14-2-1-12(9-15(14)19)11-23-7-3-13(4-8-23)22-17(24)16-10-20-5-6-21-16/h1-2,5-6,9-10,13H,3-4,7-8,11H2,(H,22,24). The number of rotatable bonds is 4. The van der Waals surface area contributed by atoms with Gasteiger partial charge in [-0.3, -0.25) is 14.7 Å². The number of aromatic nitrogens is 2. The second kappa shape index (κ2) is 7.92. The van der Waals surface area contributed by atoms with Crippen molar-refractivity contribution in [2.45, 2.75) is 25.4 Å². The van der Waals surface area contributed by atoms with E-state index in [-0.39, 0.29) is 11.9 Å². The summed E-state index contributed by atoms with van der Waals surface area (Å²) in [7, 11) is 0. The maximum absolute atomic E-state index is 12.1. The van der Waals surface area contributed by atoms with Crippen LogP contribution >= 0.6 is 23.2 Å². The molecule has 5 nitrogen and oxygen atoms in total. The van der Waals surface area contributed by atoms with Crippen molar-refractivity contribution in [2.75, 3.05) is 13.1 Å². The number of carbonyl (C=O) groups is 1. The molecule has 1 fully saturated rings. The molecule has 0 bridgehead atoms. The summed E-state index contributed by atoms with van der Waals surface area (Å²) >= 11 is 12.0. The van der Waals surface area contributed by atoms with Gasteiger partial charge in [0, 0.05) is 38.1 Å². The number of benzene rings is 1. The van der Waals surface area contributed by atoms with Gasteiger partial charge in [0.15, 0.2) is 0 Å². The van der Waals surface area contributed by atoms with Gasteiger partial charge in [-0.25, -0.2) is 4.98 Å². The van der Waals surface area contributed by atoms with E-state index in [1.807, 2.05) is 18.2 Å². The third-order valence-corrected chi connectivity index (χ3v) is 4.85. The molecule has 0 aliphatic carbocycles. The van der Waals surface area contributed by atoms with Gasteiger partial charge in [-0.05, 0) is 30.5 Å². The number of nitrogens with zero attached hydrogens (tertiary/aromatic N) is 3. The van der Waals surface area contributed by atoms with Crippen LogP contribution in [-0.4, -0.2) is 39.9 Å². The van der Waals surface area contributed by atoms with Gasteiger partial charge in [-0.1, -0.05) is 29.3 Å². The van der Waals surface area contributed by atoms with E-state index in [9.17, 15) is 4.79 Å². The van der Waals surface area contributed by atoms with E-state index in [0.717, 1.165) is 38.0 Å². The first kappa shape index (κ1) is 17.1. The summed E-state index contributed by atoms with van der Waals surface area (Å²) in [6.45, 7) is 2.68. The minimum Gasteiger partial charge on any atom is -0.348 e. The van der Waals surface area contributed by atoms with Gasteiger partial charge in [0.25, 0.3) is 5.91 Å². The summed E-state index contributed by atoms with van der Waals surface area (Å²) in [6, 6.07) is 5.90. The number of halogens is 2. The van der Waals surface area contributed by atoms with Crippen molar-refractivity contribution in [3.05, 3.63) is 58.1 Å². The molecule has 1 aromatic heterocycles. The van der Waals surface area contributed by atoms with E-state index in [0.29, 0.717) is 15.7 Å². The van der Waals surface area contributed by atoms with Crippen LogP contribution in [0.3, 0.4) is 0 Å². The number of hydrogen-bond acceptors (Lipinski definition) is 4. The van der Waals surface area contributed by atoms with E-state index < -0.39 is 0 Å². The smallest absolute Gasteiger partial charge is 0.271 e. The molecule has 1 aliphatic rings. The van der Waals surface area contributed by atoms with E-state index in [4.69, 9.17) is 23.2 Å². The van der Waals surface area contributed by atoms with E-state index >= 15 is 0 Å². The lowest BCUT2D eigenvalue weighted by Gasteiger charge is -2.32. The molecule has 1 aliphatic heterocycles. The fraction of sp³-hybridized carbons (Fsp3) is 0.353. The Morgan fingerprint density at radius 3 is 2.67 bits per heavy atom. The highest BCUT2D eigenvalue weighted by molar-refractivity contribution is 6.42. The van der Waals surface area contributed by atoms with Crippen molar-refractivity contribution >= 4 is 29.1 Å². The van der Waals surface area contributed by atoms with Crippen LogP contribution in [0.2, 0.25) is 10.0 Å². The Morgan fingerprint density at radius 2 is 2.00 bits per heavy atom. The van der Waals surface area contributed by atoms with Crippen LogP contribution in [0.15, 0.2) is 36.8 Å². The van der Waals surface area contributed by atoms with Crippen LogP contribution in [0.4, 0.5) is 0 Å². The summed E-state index contributed by atoms with van der Waals surface area (Å²) < 4.78 is 0. The number of likely N-dealkylation sites (tertiary alicyclic amines) is 1. The number of amides is 1. The molecule has 3 rings (SSSR count). The summed E-state index contributed by atoms with van der Waals surface area (Å²) in [5.74, 6) is -0.161. The first-order valence-electron chi connectivity index (χ1n) is 7.85. The van der Waals surface area contributed by atoms with E-state index in [2.05, 4.69) is 20.2 Å². The van der Waals surface area contributed by atoms with Gasteiger partial charge in [-0.2, -0.15) is 0 Å². The summed E-state index contributed by atoms with van der Waals surface area (Å²) in [5, 5.41) is 4.19. The molecular weight excluding hydrogens is 347 g/mol. The van der Waals surface area contributed by atoms with E-state index in [1.165, 1.54) is 12.4 Å². The van der Waals surface area contributed by atoms with Crippen molar-refractivity contribution in [3.8, 4) is 0 Å². The highest BCUT2D eigenvalue weighted by Gasteiger charge is 2.21. The fourth-order valence-electron chi connectivity index (χ4n) is 2.81. The molecule has 0 spiro atoms. The van der Waals surface area contributed by atoms with Crippen LogP contribution in [0, 0.1) is 0 Å². The fourth-order valence-corrected chi connectivity index (χ4v) is 3.13. The van der Waals surface area contributed by atoms with Crippen LogP contribution in [-0.2, 0) is 6.54 Å². The highest BCUT2D eigenvalue weighted by atomic mass is 35.5. The van der Waals surface area contributed by atoms with Crippen molar-refractivity contribution in [3.63, 3.8) is 0 Å². The topological polar surface area (TPSA) is 58.1 Å². The average molecular weight is 365 g/mol. The largest absolute Gasteiger partial charge is 0.348 e. The predicted octanol–water partition coefficient (Wildman–Crippen LogP) is 3.18. The molecule has 126 valence electrons. The third kappa shape index (κ3) is 4.44. The zero-order valence-electron chi connectivity index (χ0n) is 13.1. The zero-order valence-corrected chi connectivity index (χ0v) is 14.6. The predicted molar refractivity (Wildman–Crippen MR) is 94.3 cm³/mol. The molecule has 7 heteroatoms. The van der Waals surface area contributed by atoms with Crippen LogP contribution in [0.1, 0.15) is 28.9 Å². The second-order valence-corrected chi connectivity index (χ2v) is 6.68. The lowest BCUT2D eigenvalue weighted by Crippen LogP contribution is -2.44. The molecule has 1 aromatic carbocycles. The minimum absolute atomic E-state index is 0.161. The first-order chi connectivity index (χ1) is 11.6. The van der Waals surface area contributed by atoms with Gasteiger partial charge in [0.2, 0.25) is 0 Å². The Kier molecular flexibility index (Phi) is 5.66.